The van der Waals surface area contributed by atoms with Gasteiger partial charge in [-0.25, -0.2) is 0 Å². The van der Waals surface area contributed by atoms with Crippen molar-refractivity contribution >= 4 is 52.9 Å². The molecule has 2 atom stereocenters. The molecule has 0 radical (unpaired) electrons. The summed E-state index contributed by atoms with van der Waals surface area (Å²) < 4.78 is 31.5. The molecule has 0 fully saturated rings. The van der Waals surface area contributed by atoms with Crippen LogP contribution in [0, 0.1) is 0 Å². The average Bonchev–Trinajstić information content (AvgIpc) is 2.67. The van der Waals surface area contributed by atoms with Crippen LogP contribution in [-0.4, -0.2) is 50.1 Å². The van der Waals surface area contributed by atoms with Crippen LogP contribution in [0.3, 0.4) is 0 Å². The van der Waals surface area contributed by atoms with Crippen molar-refractivity contribution in [3.05, 3.63) is 71.8 Å². The molecule has 0 heterocycles. The molecule has 2 unspecified atom stereocenters. The third-order valence-corrected chi connectivity index (χ3v) is 5.91. The first-order chi connectivity index (χ1) is 12.3. The minimum absolute atomic E-state index is 0. The molecular weight excluding hydrogens is 414 g/mol. The Kier molecular flexibility index (Phi) is 14.1. The van der Waals surface area contributed by atoms with Gasteiger partial charge in [0.25, 0.3) is 0 Å². The van der Waals surface area contributed by atoms with Gasteiger partial charge in [-0.2, -0.15) is 0 Å². The van der Waals surface area contributed by atoms with Crippen molar-refractivity contribution in [3.8, 4) is 0 Å². The zero-order chi connectivity index (χ0) is 19.5. The van der Waals surface area contributed by atoms with Crippen molar-refractivity contribution in [1.29, 1.82) is 0 Å². The van der Waals surface area contributed by atoms with Gasteiger partial charge in [0, 0.05) is 12.3 Å². The predicted molar refractivity (Wildman–Crippen MR) is 105 cm³/mol. The van der Waals surface area contributed by atoms with E-state index in [2.05, 4.69) is 0 Å². The van der Waals surface area contributed by atoms with Crippen LogP contribution in [0.5, 0.6) is 0 Å². The van der Waals surface area contributed by atoms with Crippen LogP contribution in [0.2, 0.25) is 0 Å². The van der Waals surface area contributed by atoms with Crippen molar-refractivity contribution in [3.63, 3.8) is 0 Å². The molecule has 0 saturated heterocycles. The summed E-state index contributed by atoms with van der Waals surface area (Å²) in [5.74, 6) is 0. The van der Waals surface area contributed by atoms with E-state index in [0.717, 1.165) is 11.1 Å². The minimum atomic E-state index is -3.59. The topological polar surface area (TPSA) is 98.7 Å². The van der Waals surface area contributed by atoms with Gasteiger partial charge in [0.15, 0.2) is 0 Å². The molecule has 0 spiro atoms. The van der Waals surface area contributed by atoms with Crippen LogP contribution < -0.4 is 9.79 Å². The first kappa shape index (κ1) is 27.0. The Labute approximate surface area is 191 Å². The van der Waals surface area contributed by atoms with Crippen molar-refractivity contribution in [2.45, 2.75) is 27.1 Å². The first-order valence-electron chi connectivity index (χ1n) is 8.25. The fourth-order valence-electron chi connectivity index (χ4n) is 1.68. The molecule has 2 aromatic rings. The number of hydrogen-bond donors (Lipinski definition) is 0. The van der Waals surface area contributed by atoms with Gasteiger partial charge >= 0.3 is 37.7 Å². The van der Waals surface area contributed by atoms with Crippen molar-refractivity contribution in [2.75, 3.05) is 12.3 Å². The summed E-state index contributed by atoms with van der Waals surface area (Å²) in [7, 11) is -7.18. The molecule has 144 valence electrons. The third-order valence-electron chi connectivity index (χ3n) is 3.32. The van der Waals surface area contributed by atoms with Gasteiger partial charge in [0.1, 0.15) is 15.2 Å². The van der Waals surface area contributed by atoms with Crippen LogP contribution in [0.25, 0.3) is 0 Å². The van der Waals surface area contributed by atoms with Gasteiger partial charge in [-0.15, -0.1) is 0 Å². The maximum atomic E-state index is 11.0. The molecule has 0 aliphatic rings. The summed E-state index contributed by atoms with van der Waals surface area (Å²) in [4.78, 5) is 22.0. The van der Waals surface area contributed by atoms with E-state index in [-0.39, 0.29) is 63.3 Å². The summed E-state index contributed by atoms with van der Waals surface area (Å²) in [6.45, 7) is 3.41. The molecule has 6 nitrogen and oxygen atoms in total. The molecule has 0 saturated carbocycles. The fraction of sp³-hybridized carbons (Fsp3) is 0.333. The van der Waals surface area contributed by atoms with Gasteiger partial charge in [0.2, 0.25) is 0 Å². The Morgan fingerprint density at radius 3 is 1.26 bits per heavy atom. The number of rotatable bonds is 8. The second-order valence-electron chi connectivity index (χ2n) is 5.37. The second kappa shape index (κ2) is 14.1. The minimum Gasteiger partial charge on any atom is -0.778 e. The van der Waals surface area contributed by atoms with Crippen LogP contribution in [0.4, 0.5) is 0 Å². The maximum Gasteiger partial charge on any atom is 2.00 e. The molecule has 0 amide bonds. The Bertz CT molecular complexity index is 664. The molecule has 9 heteroatoms. The second-order valence-corrected chi connectivity index (χ2v) is 9.60. The molecule has 0 aliphatic heterocycles. The number of hydrogen-bond acceptors (Lipinski definition) is 6. The Morgan fingerprint density at radius 2 is 1.00 bits per heavy atom. The van der Waals surface area contributed by atoms with E-state index < -0.39 is 15.2 Å². The fourth-order valence-corrected chi connectivity index (χ4v) is 2.73. The van der Waals surface area contributed by atoms with E-state index in [1.165, 1.54) is 0 Å². The van der Waals surface area contributed by atoms with Crippen molar-refractivity contribution < 1.29 is 28.0 Å². The van der Waals surface area contributed by atoms with Gasteiger partial charge in [-0.05, 0) is 11.1 Å². The van der Waals surface area contributed by atoms with Crippen molar-refractivity contribution in [2.24, 2.45) is 0 Å². The Hall–Kier alpha value is -0.000260. The van der Waals surface area contributed by atoms with Crippen LogP contribution in [-0.2, 0) is 31.4 Å². The summed E-state index contributed by atoms with van der Waals surface area (Å²) in [6.07, 6.45) is 0.0830. The SMILES string of the molecule is CCP(=O)([O-])OCc1ccccc1.CCP(=O)([O-])OCc1ccccc1.[Ca+2]. The van der Waals surface area contributed by atoms with Crippen LogP contribution in [0.15, 0.2) is 60.7 Å². The van der Waals surface area contributed by atoms with E-state index in [1.54, 1.807) is 13.8 Å². The zero-order valence-corrected chi connectivity index (χ0v) is 19.7. The quantitative estimate of drug-likeness (QED) is 0.464. The zero-order valence-electron chi connectivity index (χ0n) is 15.7. The number of benzene rings is 2. The molecule has 0 bridgehead atoms. The molecule has 2 rings (SSSR count). The molecule has 27 heavy (non-hydrogen) atoms. The van der Waals surface area contributed by atoms with E-state index >= 15 is 0 Å². The van der Waals surface area contributed by atoms with Gasteiger partial charge in [-0.3, -0.25) is 0 Å². The molecule has 0 aliphatic carbocycles. The molecule has 0 aromatic heterocycles. The van der Waals surface area contributed by atoms with E-state index in [1.807, 2.05) is 60.7 Å². The van der Waals surface area contributed by atoms with Gasteiger partial charge in [0.05, 0.1) is 13.2 Å². The summed E-state index contributed by atoms with van der Waals surface area (Å²) in [5, 5.41) is 0. The monoisotopic (exact) mass is 438 g/mol. The van der Waals surface area contributed by atoms with E-state index in [0.29, 0.717) is 0 Å². The van der Waals surface area contributed by atoms with Crippen LogP contribution in [0.1, 0.15) is 25.0 Å². The first-order valence-corrected chi connectivity index (χ1v) is 11.7. The molecular formula is C18H24CaO6P2. The van der Waals surface area contributed by atoms with E-state index in [4.69, 9.17) is 9.05 Å². The Morgan fingerprint density at radius 1 is 0.704 bits per heavy atom. The maximum absolute atomic E-state index is 11.0. The summed E-state index contributed by atoms with van der Waals surface area (Å²) in [5.41, 5.74) is 1.74. The summed E-state index contributed by atoms with van der Waals surface area (Å²) >= 11 is 0. The average molecular weight is 438 g/mol. The molecule has 2 aromatic carbocycles. The normalized spacial score (nSPS) is 14.7. The van der Waals surface area contributed by atoms with Crippen LogP contribution >= 0.6 is 15.2 Å². The standard InChI is InChI=1S/2C9H13O3P.Ca/c2*1-2-13(10,11)12-8-9-6-4-3-5-7-9;/h2*3-7H,2,8H2,1H3,(H,10,11);/q;;+2/p-2. The van der Waals surface area contributed by atoms with Crippen molar-refractivity contribution in [1.82, 2.24) is 0 Å². The van der Waals surface area contributed by atoms with Gasteiger partial charge < -0.3 is 28.0 Å². The molecule has 0 N–H and O–H groups in total. The Balaban J connectivity index is 0.000000483. The largest absolute Gasteiger partial charge is 2.00 e. The smallest absolute Gasteiger partial charge is 0.778 e. The predicted octanol–water partition coefficient (Wildman–Crippen LogP) is 3.17. The third kappa shape index (κ3) is 13.0. The summed E-state index contributed by atoms with van der Waals surface area (Å²) in [6, 6.07) is 18.5. The van der Waals surface area contributed by atoms with Gasteiger partial charge in [-0.1, -0.05) is 74.5 Å². The van der Waals surface area contributed by atoms with E-state index in [9.17, 15) is 18.9 Å².